The molecule has 2 aromatic carbocycles. The molecule has 0 aliphatic carbocycles. The molecule has 0 heterocycles. The second kappa shape index (κ2) is 11.6. The Labute approximate surface area is 183 Å². The standard InChI is InChI=1S/C23H31NO5S/c1-7-28-20-11-9-17(13-22(20)29-8-2)15(3)24-23(25)16(4)30-18-10-12-19(26-5)21(14-18)27-6/h9-16H,7-8H2,1-6H3,(H,24,25)/t15-,16-/m0/s1. The summed E-state index contributed by atoms with van der Waals surface area (Å²) in [6.45, 7) is 8.81. The fourth-order valence-corrected chi connectivity index (χ4v) is 3.80. The van der Waals surface area contributed by atoms with Crippen LogP contribution in [0.4, 0.5) is 0 Å². The second-order valence-corrected chi connectivity index (χ2v) is 7.99. The minimum Gasteiger partial charge on any atom is -0.493 e. The van der Waals surface area contributed by atoms with Gasteiger partial charge in [-0.15, -0.1) is 11.8 Å². The number of carbonyl (C=O) groups excluding carboxylic acids is 1. The van der Waals surface area contributed by atoms with Gasteiger partial charge in [0.05, 0.1) is 38.7 Å². The van der Waals surface area contributed by atoms with E-state index in [4.69, 9.17) is 18.9 Å². The van der Waals surface area contributed by atoms with Crippen molar-refractivity contribution in [1.82, 2.24) is 5.32 Å². The molecule has 0 saturated carbocycles. The molecule has 2 rings (SSSR count). The van der Waals surface area contributed by atoms with Crippen LogP contribution in [0.15, 0.2) is 41.3 Å². The van der Waals surface area contributed by atoms with Crippen molar-refractivity contribution in [2.45, 2.75) is 43.9 Å². The van der Waals surface area contributed by atoms with Crippen molar-refractivity contribution in [3.8, 4) is 23.0 Å². The quantitative estimate of drug-likeness (QED) is 0.511. The average molecular weight is 434 g/mol. The van der Waals surface area contributed by atoms with Crippen LogP contribution in [0.25, 0.3) is 0 Å². The van der Waals surface area contributed by atoms with E-state index in [-0.39, 0.29) is 17.2 Å². The Morgan fingerprint density at radius 3 is 2.17 bits per heavy atom. The zero-order valence-corrected chi connectivity index (χ0v) is 19.3. The van der Waals surface area contributed by atoms with E-state index in [2.05, 4.69) is 5.32 Å². The first-order valence-corrected chi connectivity index (χ1v) is 10.9. The molecule has 6 nitrogen and oxygen atoms in total. The van der Waals surface area contributed by atoms with Gasteiger partial charge in [0.25, 0.3) is 0 Å². The molecule has 0 radical (unpaired) electrons. The van der Waals surface area contributed by atoms with Crippen LogP contribution >= 0.6 is 11.8 Å². The van der Waals surface area contributed by atoms with Gasteiger partial charge in [-0.1, -0.05) is 6.07 Å². The molecule has 0 aliphatic rings. The maximum Gasteiger partial charge on any atom is 0.233 e. The molecule has 0 saturated heterocycles. The zero-order chi connectivity index (χ0) is 22.1. The van der Waals surface area contributed by atoms with E-state index in [1.165, 1.54) is 11.8 Å². The van der Waals surface area contributed by atoms with Crippen molar-refractivity contribution >= 4 is 17.7 Å². The number of hydrogen-bond donors (Lipinski definition) is 1. The van der Waals surface area contributed by atoms with E-state index in [9.17, 15) is 4.79 Å². The summed E-state index contributed by atoms with van der Waals surface area (Å²) in [5.74, 6) is 2.65. The Hall–Kier alpha value is -2.54. The molecule has 7 heteroatoms. The highest BCUT2D eigenvalue weighted by Gasteiger charge is 2.19. The van der Waals surface area contributed by atoms with Gasteiger partial charge < -0.3 is 24.3 Å². The minimum atomic E-state index is -0.278. The van der Waals surface area contributed by atoms with E-state index in [1.54, 1.807) is 14.2 Å². The fourth-order valence-electron chi connectivity index (χ4n) is 2.90. The highest BCUT2D eigenvalue weighted by molar-refractivity contribution is 8.00. The van der Waals surface area contributed by atoms with Crippen molar-refractivity contribution in [3.63, 3.8) is 0 Å². The summed E-state index contributed by atoms with van der Waals surface area (Å²) in [7, 11) is 3.19. The second-order valence-electron chi connectivity index (χ2n) is 6.58. The third kappa shape index (κ3) is 6.23. The maximum absolute atomic E-state index is 12.7. The Kier molecular flexibility index (Phi) is 9.17. The van der Waals surface area contributed by atoms with Crippen molar-refractivity contribution in [3.05, 3.63) is 42.0 Å². The average Bonchev–Trinajstić information content (AvgIpc) is 2.74. The molecule has 1 N–H and O–H groups in total. The number of nitrogens with one attached hydrogen (secondary N) is 1. The summed E-state index contributed by atoms with van der Waals surface area (Å²) in [6, 6.07) is 11.2. The summed E-state index contributed by atoms with van der Waals surface area (Å²) in [4.78, 5) is 13.7. The fraction of sp³-hybridized carbons (Fsp3) is 0.435. The molecular weight excluding hydrogens is 402 g/mol. The van der Waals surface area contributed by atoms with E-state index in [0.717, 1.165) is 10.5 Å². The summed E-state index contributed by atoms with van der Waals surface area (Å²) < 4.78 is 21.9. The largest absolute Gasteiger partial charge is 0.493 e. The first-order chi connectivity index (χ1) is 14.4. The van der Waals surface area contributed by atoms with Gasteiger partial charge >= 0.3 is 0 Å². The zero-order valence-electron chi connectivity index (χ0n) is 18.5. The number of benzene rings is 2. The van der Waals surface area contributed by atoms with Gasteiger partial charge in [0.2, 0.25) is 5.91 Å². The lowest BCUT2D eigenvalue weighted by atomic mass is 10.1. The van der Waals surface area contributed by atoms with Crippen LogP contribution in [0, 0.1) is 0 Å². The molecule has 1 amide bonds. The first-order valence-electron chi connectivity index (χ1n) is 10.0. The lowest BCUT2D eigenvalue weighted by Crippen LogP contribution is -2.33. The summed E-state index contributed by atoms with van der Waals surface area (Å²) >= 11 is 1.47. The molecule has 0 unspecified atom stereocenters. The van der Waals surface area contributed by atoms with Crippen LogP contribution in [0.3, 0.4) is 0 Å². The van der Waals surface area contributed by atoms with Crippen molar-refractivity contribution < 1.29 is 23.7 Å². The van der Waals surface area contributed by atoms with E-state index in [0.29, 0.717) is 36.2 Å². The Balaban J connectivity index is 2.05. The van der Waals surface area contributed by atoms with Crippen molar-refractivity contribution in [1.29, 1.82) is 0 Å². The van der Waals surface area contributed by atoms with Crippen molar-refractivity contribution in [2.24, 2.45) is 0 Å². The molecule has 0 bridgehead atoms. The highest BCUT2D eigenvalue weighted by atomic mass is 32.2. The highest BCUT2D eigenvalue weighted by Crippen LogP contribution is 2.34. The number of amides is 1. The molecule has 30 heavy (non-hydrogen) atoms. The third-order valence-corrected chi connectivity index (χ3v) is 5.56. The molecule has 2 aromatic rings. The molecule has 0 aromatic heterocycles. The number of thioether (sulfide) groups is 1. The Morgan fingerprint density at radius 2 is 1.53 bits per heavy atom. The van der Waals surface area contributed by atoms with E-state index in [1.807, 2.05) is 64.1 Å². The van der Waals surface area contributed by atoms with Crippen LogP contribution in [-0.4, -0.2) is 38.6 Å². The summed E-state index contributed by atoms with van der Waals surface area (Å²) in [5.41, 5.74) is 0.957. The number of carbonyl (C=O) groups is 1. The predicted molar refractivity (Wildman–Crippen MR) is 120 cm³/mol. The normalized spacial score (nSPS) is 12.6. The topological polar surface area (TPSA) is 66.0 Å². The van der Waals surface area contributed by atoms with Crippen LogP contribution in [0.2, 0.25) is 0 Å². The number of rotatable bonds is 11. The molecule has 0 aliphatic heterocycles. The number of hydrogen-bond acceptors (Lipinski definition) is 6. The van der Waals surface area contributed by atoms with Gasteiger partial charge in [-0.25, -0.2) is 0 Å². The van der Waals surface area contributed by atoms with Gasteiger partial charge in [-0.3, -0.25) is 4.79 Å². The maximum atomic E-state index is 12.7. The van der Waals surface area contributed by atoms with E-state index >= 15 is 0 Å². The van der Waals surface area contributed by atoms with Crippen molar-refractivity contribution in [2.75, 3.05) is 27.4 Å². The number of ether oxygens (including phenoxy) is 4. The van der Waals surface area contributed by atoms with Gasteiger partial charge in [0.15, 0.2) is 23.0 Å². The smallest absolute Gasteiger partial charge is 0.233 e. The van der Waals surface area contributed by atoms with Gasteiger partial charge in [-0.05, 0) is 63.6 Å². The monoisotopic (exact) mass is 433 g/mol. The SMILES string of the molecule is CCOc1ccc([C@H](C)NC(=O)[C@H](C)Sc2ccc(OC)c(OC)c2)cc1OCC. The first kappa shape index (κ1) is 23.7. The third-order valence-electron chi connectivity index (χ3n) is 4.46. The lowest BCUT2D eigenvalue weighted by Gasteiger charge is -2.20. The predicted octanol–water partition coefficient (Wildman–Crippen LogP) is 4.86. The molecule has 0 fully saturated rings. The molecule has 2 atom stereocenters. The van der Waals surface area contributed by atoms with Gasteiger partial charge in [0.1, 0.15) is 0 Å². The Morgan fingerprint density at radius 1 is 0.900 bits per heavy atom. The summed E-state index contributed by atoms with van der Waals surface area (Å²) in [5, 5.41) is 2.80. The van der Waals surface area contributed by atoms with E-state index < -0.39 is 0 Å². The Bertz CT molecular complexity index is 842. The van der Waals surface area contributed by atoms with Crippen LogP contribution in [0.1, 0.15) is 39.3 Å². The molecule has 164 valence electrons. The lowest BCUT2D eigenvalue weighted by molar-refractivity contribution is -0.120. The number of methoxy groups -OCH3 is 2. The van der Waals surface area contributed by atoms with Crippen LogP contribution in [0.5, 0.6) is 23.0 Å². The molecule has 0 spiro atoms. The summed E-state index contributed by atoms with van der Waals surface area (Å²) in [6.07, 6.45) is 0. The van der Waals surface area contributed by atoms with Gasteiger partial charge in [0, 0.05) is 4.90 Å². The van der Waals surface area contributed by atoms with Crippen LogP contribution < -0.4 is 24.3 Å². The van der Waals surface area contributed by atoms with Crippen LogP contribution in [-0.2, 0) is 4.79 Å². The molecular formula is C23H31NO5S. The minimum absolute atomic E-state index is 0.0471. The van der Waals surface area contributed by atoms with Gasteiger partial charge in [-0.2, -0.15) is 0 Å².